The fraction of sp³-hybridized carbons (Fsp3) is 0.529. The number of hydrogen-bond acceptors (Lipinski definition) is 6. The first-order chi connectivity index (χ1) is 12.2. The van der Waals surface area contributed by atoms with Gasteiger partial charge in [0.15, 0.2) is 5.65 Å². The number of carbonyl (C=O) groups is 2. The lowest BCUT2D eigenvalue weighted by Gasteiger charge is -2.27. The Kier molecular flexibility index (Phi) is 4.79. The molecule has 0 N–H and O–H groups in total. The quantitative estimate of drug-likeness (QED) is 0.596. The second-order valence-corrected chi connectivity index (χ2v) is 7.42. The van der Waals surface area contributed by atoms with Crippen LogP contribution in [0.4, 0.5) is 10.6 Å². The molecule has 1 aliphatic rings. The molecule has 0 spiro atoms. The second kappa shape index (κ2) is 6.75. The molecular weight excluding hydrogens is 360 g/mol. The molecule has 2 heterocycles. The first-order valence-electron chi connectivity index (χ1n) is 8.45. The van der Waals surface area contributed by atoms with Crippen molar-refractivity contribution < 1.29 is 19.1 Å². The Balaban J connectivity index is 2.08. The van der Waals surface area contributed by atoms with Gasteiger partial charge in [0.2, 0.25) is 0 Å². The standard InChI is InChI=1S/C17H21ClN4O4/c1-5-25-15(23)11-9-19-22-13(8-12(18)20-14(11)22)21(10-6-7-10)16(24)26-17(2,3)4/h8-10H,5-7H2,1-4H3. The number of carbonyl (C=O) groups excluding carboxylic acids is 2. The number of halogens is 1. The molecule has 3 rings (SSSR count). The summed E-state index contributed by atoms with van der Waals surface area (Å²) in [5, 5.41) is 4.36. The maximum absolute atomic E-state index is 12.7. The van der Waals surface area contributed by atoms with Crippen molar-refractivity contribution in [2.24, 2.45) is 0 Å². The van der Waals surface area contributed by atoms with E-state index < -0.39 is 17.7 Å². The summed E-state index contributed by atoms with van der Waals surface area (Å²) in [4.78, 5) is 30.6. The zero-order valence-electron chi connectivity index (χ0n) is 15.2. The molecule has 2 aromatic rings. The monoisotopic (exact) mass is 380 g/mol. The third-order valence-electron chi connectivity index (χ3n) is 3.67. The molecule has 26 heavy (non-hydrogen) atoms. The number of nitrogens with zero attached hydrogens (tertiary/aromatic N) is 4. The zero-order chi connectivity index (χ0) is 19.1. The Morgan fingerprint density at radius 2 is 2.08 bits per heavy atom. The van der Waals surface area contributed by atoms with Crippen molar-refractivity contribution in [2.75, 3.05) is 11.5 Å². The van der Waals surface area contributed by atoms with Gasteiger partial charge >= 0.3 is 12.1 Å². The molecule has 9 heteroatoms. The molecule has 0 aromatic carbocycles. The van der Waals surface area contributed by atoms with E-state index in [9.17, 15) is 9.59 Å². The second-order valence-electron chi connectivity index (χ2n) is 7.03. The predicted molar refractivity (Wildman–Crippen MR) is 95.7 cm³/mol. The number of hydrogen-bond donors (Lipinski definition) is 0. The maximum Gasteiger partial charge on any atom is 0.416 e. The summed E-state index contributed by atoms with van der Waals surface area (Å²) in [6, 6.07) is 1.54. The lowest BCUT2D eigenvalue weighted by atomic mass is 10.2. The summed E-state index contributed by atoms with van der Waals surface area (Å²) < 4.78 is 12.0. The molecule has 0 saturated heterocycles. The van der Waals surface area contributed by atoms with Gasteiger partial charge in [-0.05, 0) is 40.5 Å². The highest BCUT2D eigenvalue weighted by atomic mass is 35.5. The van der Waals surface area contributed by atoms with E-state index in [1.165, 1.54) is 15.6 Å². The molecule has 0 unspecified atom stereocenters. The molecule has 1 aliphatic carbocycles. The topological polar surface area (TPSA) is 86.0 Å². The van der Waals surface area contributed by atoms with Crippen LogP contribution in [0.3, 0.4) is 0 Å². The summed E-state index contributed by atoms with van der Waals surface area (Å²) >= 11 is 6.16. The third-order valence-corrected chi connectivity index (χ3v) is 3.86. The van der Waals surface area contributed by atoms with Crippen LogP contribution in [-0.4, -0.2) is 44.9 Å². The fourth-order valence-corrected chi connectivity index (χ4v) is 2.69. The van der Waals surface area contributed by atoms with Crippen LogP contribution in [0, 0.1) is 0 Å². The van der Waals surface area contributed by atoms with Crippen LogP contribution in [0.5, 0.6) is 0 Å². The molecule has 0 bridgehead atoms. The number of esters is 1. The minimum absolute atomic E-state index is 0.00163. The highest BCUT2D eigenvalue weighted by Crippen LogP contribution is 2.34. The molecule has 1 amide bonds. The average Bonchev–Trinajstić information content (AvgIpc) is 3.24. The van der Waals surface area contributed by atoms with Gasteiger partial charge in [0.1, 0.15) is 22.1 Å². The molecule has 1 fully saturated rings. The lowest BCUT2D eigenvalue weighted by molar-refractivity contribution is 0.0526. The Morgan fingerprint density at radius 1 is 1.38 bits per heavy atom. The van der Waals surface area contributed by atoms with Crippen molar-refractivity contribution in [3.8, 4) is 0 Å². The molecule has 1 saturated carbocycles. The molecular formula is C17H21ClN4O4. The summed E-state index contributed by atoms with van der Waals surface area (Å²) in [5.41, 5.74) is -0.212. The third kappa shape index (κ3) is 3.75. The Labute approximate surface area is 156 Å². The predicted octanol–water partition coefficient (Wildman–Crippen LogP) is 3.46. The van der Waals surface area contributed by atoms with Crippen LogP contribution >= 0.6 is 11.6 Å². The van der Waals surface area contributed by atoms with E-state index >= 15 is 0 Å². The van der Waals surface area contributed by atoms with Crippen molar-refractivity contribution >= 4 is 35.1 Å². The van der Waals surface area contributed by atoms with E-state index in [1.54, 1.807) is 33.8 Å². The minimum Gasteiger partial charge on any atom is -0.462 e. The smallest absolute Gasteiger partial charge is 0.416 e. The Hall–Kier alpha value is -2.35. The van der Waals surface area contributed by atoms with Gasteiger partial charge in [0, 0.05) is 12.1 Å². The number of aromatic nitrogens is 3. The van der Waals surface area contributed by atoms with Gasteiger partial charge in [0.05, 0.1) is 12.8 Å². The van der Waals surface area contributed by atoms with Gasteiger partial charge in [0.25, 0.3) is 0 Å². The number of ether oxygens (including phenoxy) is 2. The van der Waals surface area contributed by atoms with Crippen LogP contribution in [0.1, 0.15) is 50.9 Å². The van der Waals surface area contributed by atoms with Gasteiger partial charge in [-0.25, -0.2) is 14.6 Å². The molecule has 0 aliphatic heterocycles. The van der Waals surface area contributed by atoms with E-state index in [4.69, 9.17) is 21.1 Å². The number of rotatable bonds is 4. The van der Waals surface area contributed by atoms with E-state index in [0.29, 0.717) is 5.82 Å². The van der Waals surface area contributed by atoms with E-state index in [1.807, 2.05) is 0 Å². The summed E-state index contributed by atoms with van der Waals surface area (Å²) in [7, 11) is 0. The average molecular weight is 381 g/mol. The van der Waals surface area contributed by atoms with E-state index in [2.05, 4.69) is 10.1 Å². The number of fused-ring (bicyclic) bond motifs is 1. The normalized spacial score (nSPS) is 14.3. The molecule has 140 valence electrons. The molecule has 0 radical (unpaired) electrons. The highest BCUT2D eigenvalue weighted by molar-refractivity contribution is 6.30. The van der Waals surface area contributed by atoms with Crippen LogP contribution in [-0.2, 0) is 9.47 Å². The maximum atomic E-state index is 12.7. The SMILES string of the molecule is CCOC(=O)c1cnn2c(N(C(=O)OC(C)(C)C)C3CC3)cc(Cl)nc12. The zero-order valence-corrected chi connectivity index (χ0v) is 15.9. The van der Waals surface area contributed by atoms with Crippen LogP contribution in [0.25, 0.3) is 5.65 Å². The fourth-order valence-electron chi connectivity index (χ4n) is 2.52. The first kappa shape index (κ1) is 18.4. The van der Waals surface area contributed by atoms with E-state index in [-0.39, 0.29) is 29.0 Å². The van der Waals surface area contributed by atoms with Crippen molar-refractivity contribution in [3.63, 3.8) is 0 Å². The van der Waals surface area contributed by atoms with Crippen LogP contribution < -0.4 is 4.90 Å². The lowest BCUT2D eigenvalue weighted by Crippen LogP contribution is -2.39. The van der Waals surface area contributed by atoms with Crippen LogP contribution in [0.15, 0.2) is 12.3 Å². The number of amides is 1. The summed E-state index contributed by atoms with van der Waals surface area (Å²) in [6.45, 7) is 7.36. The summed E-state index contributed by atoms with van der Waals surface area (Å²) in [5.74, 6) is -0.134. The van der Waals surface area contributed by atoms with Gasteiger partial charge in [-0.15, -0.1) is 0 Å². The van der Waals surface area contributed by atoms with Gasteiger partial charge < -0.3 is 9.47 Å². The van der Waals surface area contributed by atoms with Gasteiger partial charge in [-0.3, -0.25) is 4.90 Å². The molecule has 8 nitrogen and oxygen atoms in total. The molecule has 2 aromatic heterocycles. The minimum atomic E-state index is -0.639. The van der Waals surface area contributed by atoms with Crippen LogP contribution in [0.2, 0.25) is 5.15 Å². The Morgan fingerprint density at radius 3 is 2.65 bits per heavy atom. The first-order valence-corrected chi connectivity index (χ1v) is 8.82. The highest BCUT2D eigenvalue weighted by Gasteiger charge is 2.38. The van der Waals surface area contributed by atoms with Crippen molar-refractivity contribution in [2.45, 2.75) is 52.2 Å². The molecule has 0 atom stereocenters. The number of anilines is 1. The summed E-state index contributed by atoms with van der Waals surface area (Å²) in [6.07, 6.45) is 2.58. The Bertz CT molecular complexity index is 854. The van der Waals surface area contributed by atoms with Gasteiger partial charge in [-0.1, -0.05) is 11.6 Å². The van der Waals surface area contributed by atoms with E-state index in [0.717, 1.165) is 12.8 Å². The van der Waals surface area contributed by atoms with Crippen molar-refractivity contribution in [1.29, 1.82) is 0 Å². The van der Waals surface area contributed by atoms with Crippen molar-refractivity contribution in [3.05, 3.63) is 23.0 Å². The van der Waals surface area contributed by atoms with Gasteiger partial charge in [-0.2, -0.15) is 9.61 Å². The van der Waals surface area contributed by atoms with Crippen molar-refractivity contribution in [1.82, 2.24) is 14.6 Å². The largest absolute Gasteiger partial charge is 0.462 e.